The van der Waals surface area contributed by atoms with Crippen molar-refractivity contribution < 1.29 is 9.59 Å². The lowest BCUT2D eigenvalue weighted by molar-refractivity contribution is -0.142. The summed E-state index contributed by atoms with van der Waals surface area (Å²) in [4.78, 5) is 26.6. The highest BCUT2D eigenvalue weighted by Gasteiger charge is 2.34. The summed E-state index contributed by atoms with van der Waals surface area (Å²) < 4.78 is 0. The summed E-state index contributed by atoms with van der Waals surface area (Å²) in [7, 11) is 0. The first kappa shape index (κ1) is 19.2. The van der Waals surface area contributed by atoms with Crippen molar-refractivity contribution in [3.63, 3.8) is 0 Å². The molecule has 2 aliphatic rings. The smallest absolute Gasteiger partial charge is 0.243 e. The molecule has 3 N–H and O–H groups in total. The molecule has 1 saturated carbocycles. The van der Waals surface area contributed by atoms with Crippen LogP contribution in [0.5, 0.6) is 0 Å². The predicted octanol–water partition coefficient (Wildman–Crippen LogP) is 1.83. The Balaban J connectivity index is 0.00000242. The minimum atomic E-state index is -0.267. The third kappa shape index (κ3) is 4.59. The van der Waals surface area contributed by atoms with Gasteiger partial charge in [-0.05, 0) is 51.0 Å². The molecule has 128 valence electrons. The molecule has 2 fully saturated rings. The number of carbonyl (C=O) groups is 2. The average molecular weight is 332 g/mol. The number of halogens is 1. The van der Waals surface area contributed by atoms with Gasteiger partial charge in [-0.3, -0.25) is 9.59 Å². The summed E-state index contributed by atoms with van der Waals surface area (Å²) in [5.74, 6) is 0.556. The van der Waals surface area contributed by atoms with E-state index in [-0.39, 0.29) is 36.3 Å². The number of rotatable bonds is 5. The van der Waals surface area contributed by atoms with Gasteiger partial charge in [0.1, 0.15) is 6.04 Å². The molecule has 1 saturated heterocycles. The van der Waals surface area contributed by atoms with Gasteiger partial charge in [-0.2, -0.15) is 0 Å². The van der Waals surface area contributed by atoms with Gasteiger partial charge in [0, 0.05) is 19.0 Å². The summed E-state index contributed by atoms with van der Waals surface area (Å²) in [6.07, 6.45) is 7.46. The second kappa shape index (κ2) is 9.36. The second-order valence-electron chi connectivity index (χ2n) is 6.39. The zero-order chi connectivity index (χ0) is 15.2. The van der Waals surface area contributed by atoms with Crippen molar-refractivity contribution in [3.8, 4) is 0 Å². The van der Waals surface area contributed by atoms with E-state index in [0.717, 1.165) is 51.5 Å². The molecule has 0 aromatic rings. The molecule has 0 radical (unpaired) electrons. The summed E-state index contributed by atoms with van der Waals surface area (Å²) in [5.41, 5.74) is 5.78. The van der Waals surface area contributed by atoms with Crippen LogP contribution < -0.4 is 11.1 Å². The standard InChI is InChI=1S/C16H29N3O2.ClH/c1-2-6-15(20)19-10-4-3-9-14(19)16(21)18-13-8-5-7-12(13)11-17;/h12-14H,2-11,17H2,1H3,(H,18,21);1H. The molecule has 1 heterocycles. The zero-order valence-corrected chi connectivity index (χ0v) is 14.4. The molecule has 22 heavy (non-hydrogen) atoms. The normalized spacial score (nSPS) is 28.1. The highest BCUT2D eigenvalue weighted by molar-refractivity contribution is 5.88. The van der Waals surface area contributed by atoms with E-state index in [4.69, 9.17) is 5.73 Å². The number of hydrogen-bond donors (Lipinski definition) is 2. The van der Waals surface area contributed by atoms with Crippen LogP contribution in [-0.4, -0.2) is 41.9 Å². The number of piperidine rings is 1. The molecular weight excluding hydrogens is 302 g/mol. The van der Waals surface area contributed by atoms with Crippen LogP contribution in [0.3, 0.4) is 0 Å². The molecule has 0 spiro atoms. The van der Waals surface area contributed by atoms with Crippen molar-refractivity contribution in [3.05, 3.63) is 0 Å². The second-order valence-corrected chi connectivity index (χ2v) is 6.39. The minimum Gasteiger partial charge on any atom is -0.351 e. The largest absolute Gasteiger partial charge is 0.351 e. The van der Waals surface area contributed by atoms with E-state index in [1.165, 1.54) is 0 Å². The van der Waals surface area contributed by atoms with Gasteiger partial charge in [-0.1, -0.05) is 13.3 Å². The fraction of sp³-hybridized carbons (Fsp3) is 0.875. The van der Waals surface area contributed by atoms with Gasteiger partial charge < -0.3 is 16.0 Å². The summed E-state index contributed by atoms with van der Waals surface area (Å²) in [5, 5.41) is 3.16. The number of likely N-dealkylation sites (tertiary alicyclic amines) is 1. The fourth-order valence-electron chi connectivity index (χ4n) is 3.65. The van der Waals surface area contributed by atoms with Crippen molar-refractivity contribution in [2.24, 2.45) is 11.7 Å². The Labute approximate surface area is 139 Å². The number of hydrogen-bond acceptors (Lipinski definition) is 3. The van der Waals surface area contributed by atoms with Gasteiger partial charge in [-0.15, -0.1) is 12.4 Å². The monoisotopic (exact) mass is 331 g/mol. The molecule has 1 aliphatic heterocycles. The fourth-order valence-corrected chi connectivity index (χ4v) is 3.65. The number of nitrogens with one attached hydrogen (secondary N) is 1. The lowest BCUT2D eigenvalue weighted by atomic mass is 9.98. The van der Waals surface area contributed by atoms with Crippen LogP contribution in [0, 0.1) is 5.92 Å². The number of amides is 2. The van der Waals surface area contributed by atoms with Gasteiger partial charge in [0.15, 0.2) is 0 Å². The topological polar surface area (TPSA) is 75.4 Å². The molecule has 0 aromatic carbocycles. The van der Waals surface area contributed by atoms with Crippen molar-refractivity contribution in [1.29, 1.82) is 0 Å². The lowest BCUT2D eigenvalue weighted by Gasteiger charge is -2.36. The van der Waals surface area contributed by atoms with Gasteiger partial charge in [0.2, 0.25) is 11.8 Å². The summed E-state index contributed by atoms with van der Waals surface area (Å²) >= 11 is 0. The molecule has 1 aliphatic carbocycles. The molecule has 0 aromatic heterocycles. The van der Waals surface area contributed by atoms with Crippen LogP contribution in [-0.2, 0) is 9.59 Å². The molecule has 5 nitrogen and oxygen atoms in total. The zero-order valence-electron chi connectivity index (χ0n) is 13.6. The third-order valence-corrected chi connectivity index (χ3v) is 4.88. The highest BCUT2D eigenvalue weighted by Crippen LogP contribution is 2.26. The van der Waals surface area contributed by atoms with E-state index < -0.39 is 0 Å². The maximum atomic E-state index is 12.6. The maximum absolute atomic E-state index is 12.6. The first-order valence-corrected chi connectivity index (χ1v) is 8.47. The van der Waals surface area contributed by atoms with E-state index in [1.54, 1.807) is 4.90 Å². The van der Waals surface area contributed by atoms with Crippen LogP contribution in [0.1, 0.15) is 58.3 Å². The highest BCUT2D eigenvalue weighted by atomic mass is 35.5. The molecule has 2 rings (SSSR count). The molecule has 2 amide bonds. The third-order valence-electron chi connectivity index (χ3n) is 4.88. The number of nitrogens with two attached hydrogens (primary N) is 1. The Hall–Kier alpha value is -0.810. The van der Waals surface area contributed by atoms with E-state index in [0.29, 0.717) is 18.9 Å². The summed E-state index contributed by atoms with van der Waals surface area (Å²) in [6.45, 7) is 3.36. The van der Waals surface area contributed by atoms with Gasteiger partial charge in [0.05, 0.1) is 0 Å². The van der Waals surface area contributed by atoms with Gasteiger partial charge in [-0.25, -0.2) is 0 Å². The number of nitrogens with zero attached hydrogens (tertiary/aromatic N) is 1. The van der Waals surface area contributed by atoms with Gasteiger partial charge in [0.25, 0.3) is 0 Å². The van der Waals surface area contributed by atoms with E-state index in [1.807, 2.05) is 6.92 Å². The van der Waals surface area contributed by atoms with E-state index in [9.17, 15) is 9.59 Å². The predicted molar refractivity (Wildman–Crippen MR) is 89.8 cm³/mol. The van der Waals surface area contributed by atoms with E-state index in [2.05, 4.69) is 5.32 Å². The summed E-state index contributed by atoms with van der Waals surface area (Å²) in [6, 6.07) is -0.0654. The van der Waals surface area contributed by atoms with Crippen LogP contribution in [0.15, 0.2) is 0 Å². The van der Waals surface area contributed by atoms with Gasteiger partial charge >= 0.3 is 0 Å². The van der Waals surface area contributed by atoms with Crippen molar-refractivity contribution in [2.45, 2.75) is 70.4 Å². The number of carbonyl (C=O) groups excluding carboxylic acids is 2. The van der Waals surface area contributed by atoms with Crippen molar-refractivity contribution >= 4 is 24.2 Å². The van der Waals surface area contributed by atoms with E-state index >= 15 is 0 Å². The Bertz CT molecular complexity index is 378. The van der Waals surface area contributed by atoms with Crippen molar-refractivity contribution in [2.75, 3.05) is 13.1 Å². The average Bonchev–Trinajstić information content (AvgIpc) is 2.94. The Morgan fingerprint density at radius 3 is 2.64 bits per heavy atom. The Morgan fingerprint density at radius 1 is 1.18 bits per heavy atom. The molecule has 3 unspecified atom stereocenters. The Morgan fingerprint density at radius 2 is 1.95 bits per heavy atom. The molecule has 3 atom stereocenters. The first-order valence-electron chi connectivity index (χ1n) is 8.47. The Kier molecular flexibility index (Phi) is 8.18. The molecular formula is C16H30ClN3O2. The molecule has 6 heteroatoms. The quantitative estimate of drug-likeness (QED) is 0.807. The molecule has 0 bridgehead atoms. The van der Waals surface area contributed by atoms with Crippen LogP contribution >= 0.6 is 12.4 Å². The minimum absolute atomic E-state index is 0. The van der Waals surface area contributed by atoms with Crippen LogP contribution in [0.4, 0.5) is 0 Å². The van der Waals surface area contributed by atoms with Crippen LogP contribution in [0.25, 0.3) is 0 Å². The lowest BCUT2D eigenvalue weighted by Crippen LogP contribution is -2.54. The SMILES string of the molecule is CCCC(=O)N1CCCCC1C(=O)NC1CCCC1CN.Cl. The maximum Gasteiger partial charge on any atom is 0.243 e. The van der Waals surface area contributed by atoms with Crippen LogP contribution in [0.2, 0.25) is 0 Å². The first-order chi connectivity index (χ1) is 10.2. The van der Waals surface area contributed by atoms with Crippen molar-refractivity contribution in [1.82, 2.24) is 10.2 Å².